The molecule has 0 radical (unpaired) electrons. The maximum absolute atomic E-state index is 12.4. The number of hydrogen-bond acceptors (Lipinski definition) is 5. The molecule has 1 aliphatic rings. The number of amides is 2. The second-order valence-electron chi connectivity index (χ2n) is 6.73. The average Bonchev–Trinajstić information content (AvgIpc) is 2.68. The van der Waals surface area contributed by atoms with E-state index in [4.69, 9.17) is 21.1 Å². The van der Waals surface area contributed by atoms with Gasteiger partial charge in [-0.2, -0.15) is 0 Å². The third-order valence-corrected chi connectivity index (χ3v) is 5.20. The topological polar surface area (TPSA) is 76.2 Å². The van der Waals surface area contributed by atoms with Crippen LogP contribution < -0.4 is 4.74 Å². The van der Waals surface area contributed by atoms with Gasteiger partial charge in [-0.15, -0.1) is 0 Å². The van der Waals surface area contributed by atoms with E-state index in [2.05, 4.69) is 0 Å². The van der Waals surface area contributed by atoms with Crippen LogP contribution in [0.1, 0.15) is 30.9 Å². The Morgan fingerprint density at radius 2 is 1.50 bits per heavy atom. The van der Waals surface area contributed by atoms with Crippen molar-refractivity contribution in [3.05, 3.63) is 28.3 Å². The Morgan fingerprint density at radius 1 is 0.964 bits per heavy atom. The SMILES string of the molecule is CCOC(=O)CCC(=O)N1CCN(C(=O)COc2cc(C)c(Cl)c(C)c2)CC1. The minimum atomic E-state index is -0.366. The lowest BCUT2D eigenvalue weighted by Crippen LogP contribution is -2.51. The average molecular weight is 411 g/mol. The Balaban J connectivity index is 1.76. The molecule has 7 nitrogen and oxygen atoms in total. The molecule has 1 aliphatic heterocycles. The molecule has 2 rings (SSSR count). The molecule has 154 valence electrons. The first kappa shape index (κ1) is 22.0. The Morgan fingerprint density at radius 3 is 2.04 bits per heavy atom. The van der Waals surface area contributed by atoms with Gasteiger partial charge in [-0.1, -0.05) is 11.6 Å². The van der Waals surface area contributed by atoms with Crippen LogP contribution >= 0.6 is 11.6 Å². The molecular formula is C20H27ClN2O5. The van der Waals surface area contributed by atoms with Crippen molar-refractivity contribution < 1.29 is 23.9 Å². The monoisotopic (exact) mass is 410 g/mol. The number of piperazine rings is 1. The molecule has 0 unspecified atom stereocenters. The minimum Gasteiger partial charge on any atom is -0.484 e. The van der Waals surface area contributed by atoms with Gasteiger partial charge in [-0.05, 0) is 44.0 Å². The standard InChI is InChI=1S/C20H27ClN2O5/c1-4-27-19(26)6-5-17(24)22-7-9-23(10-8-22)18(25)13-28-16-11-14(2)20(21)15(3)12-16/h11-12H,4-10,13H2,1-3H3. The van der Waals surface area contributed by atoms with Crippen molar-refractivity contribution >= 4 is 29.4 Å². The van der Waals surface area contributed by atoms with Gasteiger partial charge in [0.1, 0.15) is 5.75 Å². The number of hydrogen-bond donors (Lipinski definition) is 0. The van der Waals surface area contributed by atoms with E-state index < -0.39 is 0 Å². The summed E-state index contributed by atoms with van der Waals surface area (Å²) in [5.74, 6) is 0.0300. The molecule has 0 N–H and O–H groups in total. The maximum Gasteiger partial charge on any atom is 0.306 e. The lowest BCUT2D eigenvalue weighted by Gasteiger charge is -2.34. The molecule has 28 heavy (non-hydrogen) atoms. The zero-order valence-electron chi connectivity index (χ0n) is 16.6. The van der Waals surface area contributed by atoms with Gasteiger partial charge in [0.15, 0.2) is 6.61 Å². The maximum atomic E-state index is 12.4. The van der Waals surface area contributed by atoms with Crippen LogP contribution in [0.2, 0.25) is 5.02 Å². The van der Waals surface area contributed by atoms with E-state index in [0.717, 1.165) is 11.1 Å². The van der Waals surface area contributed by atoms with Crippen molar-refractivity contribution in [1.29, 1.82) is 0 Å². The van der Waals surface area contributed by atoms with Crippen molar-refractivity contribution in [1.82, 2.24) is 9.80 Å². The van der Waals surface area contributed by atoms with E-state index in [1.54, 1.807) is 16.7 Å². The van der Waals surface area contributed by atoms with Crippen LogP contribution in [0.5, 0.6) is 5.75 Å². The van der Waals surface area contributed by atoms with E-state index in [9.17, 15) is 14.4 Å². The van der Waals surface area contributed by atoms with Crippen LogP contribution in [0.25, 0.3) is 0 Å². The molecule has 1 aromatic carbocycles. The van der Waals surface area contributed by atoms with Crippen molar-refractivity contribution in [3.63, 3.8) is 0 Å². The molecule has 2 amide bonds. The highest BCUT2D eigenvalue weighted by atomic mass is 35.5. The largest absolute Gasteiger partial charge is 0.484 e. The van der Waals surface area contributed by atoms with Crippen molar-refractivity contribution in [3.8, 4) is 5.75 Å². The fourth-order valence-electron chi connectivity index (χ4n) is 3.03. The van der Waals surface area contributed by atoms with Crippen molar-refractivity contribution in [2.45, 2.75) is 33.6 Å². The summed E-state index contributed by atoms with van der Waals surface area (Å²) < 4.78 is 10.4. The smallest absolute Gasteiger partial charge is 0.306 e. The Labute approximate surface area is 170 Å². The molecule has 0 bridgehead atoms. The van der Waals surface area contributed by atoms with Crippen LogP contribution in [0, 0.1) is 13.8 Å². The minimum absolute atomic E-state index is 0.0582. The molecule has 0 aliphatic carbocycles. The first-order valence-electron chi connectivity index (χ1n) is 9.42. The quantitative estimate of drug-likeness (QED) is 0.645. The highest BCUT2D eigenvalue weighted by Crippen LogP contribution is 2.25. The lowest BCUT2D eigenvalue weighted by molar-refractivity contribution is -0.146. The van der Waals surface area contributed by atoms with E-state index in [1.165, 1.54) is 0 Å². The number of benzene rings is 1. The summed E-state index contributed by atoms with van der Waals surface area (Å²) in [7, 11) is 0. The third-order valence-electron chi connectivity index (χ3n) is 4.61. The number of nitrogens with zero attached hydrogens (tertiary/aromatic N) is 2. The Hall–Kier alpha value is -2.28. The second-order valence-corrected chi connectivity index (χ2v) is 7.10. The zero-order valence-corrected chi connectivity index (χ0v) is 17.4. The predicted octanol–water partition coefficient (Wildman–Crippen LogP) is 2.35. The summed E-state index contributed by atoms with van der Waals surface area (Å²) in [4.78, 5) is 39.3. The first-order valence-corrected chi connectivity index (χ1v) is 9.80. The number of halogens is 1. The van der Waals surface area contributed by atoms with E-state index >= 15 is 0 Å². The summed E-state index contributed by atoms with van der Waals surface area (Å²) in [5, 5.41) is 0.697. The first-order chi connectivity index (χ1) is 13.3. The van der Waals surface area contributed by atoms with Gasteiger partial charge < -0.3 is 19.3 Å². The summed E-state index contributed by atoms with van der Waals surface area (Å²) in [6, 6.07) is 3.62. The van der Waals surface area contributed by atoms with E-state index in [-0.39, 0.29) is 37.2 Å². The highest BCUT2D eigenvalue weighted by molar-refractivity contribution is 6.32. The van der Waals surface area contributed by atoms with Crippen LogP contribution in [0.4, 0.5) is 0 Å². The van der Waals surface area contributed by atoms with E-state index in [0.29, 0.717) is 43.6 Å². The van der Waals surface area contributed by atoms with Crippen LogP contribution in [0.3, 0.4) is 0 Å². The highest BCUT2D eigenvalue weighted by Gasteiger charge is 2.24. The number of ether oxygens (including phenoxy) is 2. The van der Waals surface area contributed by atoms with Gasteiger partial charge in [0.25, 0.3) is 5.91 Å². The normalized spacial score (nSPS) is 14.0. The fourth-order valence-corrected chi connectivity index (χ4v) is 3.14. The third kappa shape index (κ3) is 6.12. The molecule has 0 aromatic heterocycles. The van der Waals surface area contributed by atoms with Gasteiger partial charge >= 0.3 is 5.97 Å². The molecule has 1 saturated heterocycles. The molecule has 1 heterocycles. The van der Waals surface area contributed by atoms with E-state index in [1.807, 2.05) is 26.0 Å². The summed E-state index contributed by atoms with van der Waals surface area (Å²) in [6.07, 6.45) is 0.213. The van der Waals surface area contributed by atoms with Gasteiger partial charge in [0, 0.05) is 37.6 Å². The lowest BCUT2D eigenvalue weighted by atomic mass is 10.1. The molecule has 8 heteroatoms. The zero-order chi connectivity index (χ0) is 20.7. The molecule has 0 atom stereocenters. The van der Waals surface area contributed by atoms with Crippen molar-refractivity contribution in [2.24, 2.45) is 0 Å². The molecule has 0 spiro atoms. The predicted molar refractivity (Wildman–Crippen MR) is 105 cm³/mol. The second kappa shape index (κ2) is 10.3. The molecular weight excluding hydrogens is 384 g/mol. The molecule has 1 aromatic rings. The fraction of sp³-hybridized carbons (Fsp3) is 0.550. The number of esters is 1. The summed E-state index contributed by atoms with van der Waals surface area (Å²) in [5.41, 5.74) is 1.80. The van der Waals surface area contributed by atoms with Gasteiger partial charge in [-0.25, -0.2) is 0 Å². The molecule has 0 saturated carbocycles. The van der Waals surface area contributed by atoms with Crippen molar-refractivity contribution in [2.75, 3.05) is 39.4 Å². The van der Waals surface area contributed by atoms with Crippen LogP contribution in [-0.4, -0.2) is 67.0 Å². The summed E-state index contributed by atoms with van der Waals surface area (Å²) >= 11 is 6.14. The van der Waals surface area contributed by atoms with Crippen LogP contribution in [0.15, 0.2) is 12.1 Å². The number of carbonyl (C=O) groups is 3. The summed E-state index contributed by atoms with van der Waals surface area (Å²) in [6.45, 7) is 7.57. The Bertz CT molecular complexity index is 706. The van der Waals surface area contributed by atoms with Gasteiger partial charge in [-0.3, -0.25) is 14.4 Å². The van der Waals surface area contributed by atoms with Gasteiger partial charge in [0.2, 0.25) is 5.91 Å². The number of carbonyl (C=O) groups excluding carboxylic acids is 3. The van der Waals surface area contributed by atoms with Crippen LogP contribution in [-0.2, 0) is 19.1 Å². The van der Waals surface area contributed by atoms with Gasteiger partial charge in [0.05, 0.1) is 13.0 Å². The Kier molecular flexibility index (Phi) is 8.11. The number of rotatable bonds is 7. The number of aryl methyl sites for hydroxylation is 2. The molecule has 1 fully saturated rings.